The zero-order valence-corrected chi connectivity index (χ0v) is 13.5. The van der Waals surface area contributed by atoms with Gasteiger partial charge in [-0.05, 0) is 54.5 Å². The third kappa shape index (κ3) is 2.93. The van der Waals surface area contributed by atoms with E-state index in [-0.39, 0.29) is 6.10 Å². The fourth-order valence-corrected chi connectivity index (χ4v) is 3.79. The van der Waals surface area contributed by atoms with Gasteiger partial charge in [0.05, 0.1) is 6.10 Å². The number of nitrogens with one attached hydrogen (secondary N) is 1. The van der Waals surface area contributed by atoms with Crippen LogP contribution < -0.4 is 10.2 Å². The van der Waals surface area contributed by atoms with Gasteiger partial charge in [0.15, 0.2) is 0 Å². The molecule has 2 aromatic carbocycles. The number of rotatable bonds is 4. The van der Waals surface area contributed by atoms with Crippen molar-refractivity contribution in [2.45, 2.75) is 31.8 Å². The van der Waals surface area contributed by atoms with Crippen LogP contribution in [0.25, 0.3) is 0 Å². The van der Waals surface area contributed by atoms with Crippen LogP contribution in [0.5, 0.6) is 0 Å². The number of aliphatic hydroxyl groups excluding tert-OH is 1. The number of hydrogen-bond donors (Lipinski definition) is 2. The Bertz CT molecular complexity index is 698. The lowest BCUT2D eigenvalue weighted by Crippen LogP contribution is -2.23. The number of anilines is 2. The van der Waals surface area contributed by atoms with Crippen molar-refractivity contribution in [3.05, 3.63) is 59.2 Å². The van der Waals surface area contributed by atoms with Gasteiger partial charge < -0.3 is 15.3 Å². The molecule has 2 N–H and O–H groups in total. The number of benzene rings is 2. The predicted octanol–water partition coefficient (Wildman–Crippen LogP) is 3.53. The molecule has 0 saturated carbocycles. The highest BCUT2D eigenvalue weighted by Gasteiger charge is 2.20. The SMILES string of the molecule is OC(CCN1CCc2ccccc21)c1ccc2c(c1)CCCN2. The second kappa shape index (κ2) is 6.25. The Labute approximate surface area is 138 Å². The number of hydrogen-bond acceptors (Lipinski definition) is 3. The van der Waals surface area contributed by atoms with Crippen molar-refractivity contribution in [2.75, 3.05) is 29.9 Å². The molecule has 2 aliphatic heterocycles. The minimum atomic E-state index is -0.380. The molecule has 1 atom stereocenters. The molecule has 2 aromatic rings. The summed E-state index contributed by atoms with van der Waals surface area (Å²) in [5.41, 5.74) is 6.41. The van der Waals surface area contributed by atoms with Gasteiger partial charge in [0.2, 0.25) is 0 Å². The lowest BCUT2D eigenvalue weighted by atomic mass is 9.97. The van der Waals surface area contributed by atoms with Crippen LogP contribution in [0.1, 0.15) is 35.6 Å². The van der Waals surface area contributed by atoms with Gasteiger partial charge in [-0.3, -0.25) is 0 Å². The highest BCUT2D eigenvalue weighted by atomic mass is 16.3. The van der Waals surface area contributed by atoms with Crippen molar-refractivity contribution >= 4 is 11.4 Å². The molecule has 2 heterocycles. The standard InChI is InChI=1S/C20H24N2O/c23-20(17-7-8-18-16(14-17)5-3-11-21-18)10-13-22-12-9-15-4-1-2-6-19(15)22/h1-2,4,6-8,14,20-21,23H,3,5,9-13H2. The molecule has 23 heavy (non-hydrogen) atoms. The molecule has 0 radical (unpaired) electrons. The summed E-state index contributed by atoms with van der Waals surface area (Å²) in [5.74, 6) is 0. The quantitative estimate of drug-likeness (QED) is 0.907. The number of nitrogens with zero attached hydrogens (tertiary/aromatic N) is 1. The second-order valence-electron chi connectivity index (χ2n) is 6.62. The largest absolute Gasteiger partial charge is 0.388 e. The van der Waals surface area contributed by atoms with E-state index in [0.717, 1.165) is 44.5 Å². The van der Waals surface area contributed by atoms with Gasteiger partial charge in [-0.25, -0.2) is 0 Å². The molecule has 3 nitrogen and oxygen atoms in total. The predicted molar refractivity (Wildman–Crippen MR) is 95.2 cm³/mol. The maximum Gasteiger partial charge on any atom is 0.0807 e. The van der Waals surface area contributed by atoms with Crippen molar-refractivity contribution in [2.24, 2.45) is 0 Å². The topological polar surface area (TPSA) is 35.5 Å². The summed E-state index contributed by atoms with van der Waals surface area (Å²) in [6.45, 7) is 3.04. The van der Waals surface area contributed by atoms with E-state index in [1.165, 1.54) is 28.9 Å². The molecule has 0 fully saturated rings. The first kappa shape index (κ1) is 14.6. The van der Waals surface area contributed by atoms with E-state index < -0.39 is 0 Å². The number of aryl methyl sites for hydroxylation is 1. The number of fused-ring (bicyclic) bond motifs is 2. The zero-order valence-electron chi connectivity index (χ0n) is 13.5. The van der Waals surface area contributed by atoms with Crippen LogP contribution in [-0.4, -0.2) is 24.7 Å². The molecule has 0 spiro atoms. The summed E-state index contributed by atoms with van der Waals surface area (Å²) in [7, 11) is 0. The van der Waals surface area contributed by atoms with Crippen molar-refractivity contribution < 1.29 is 5.11 Å². The molecule has 1 unspecified atom stereocenters. The average Bonchev–Trinajstić information content (AvgIpc) is 3.02. The van der Waals surface area contributed by atoms with Crippen LogP contribution in [0.15, 0.2) is 42.5 Å². The number of para-hydroxylation sites is 1. The van der Waals surface area contributed by atoms with Crippen LogP contribution in [0.3, 0.4) is 0 Å². The fraction of sp³-hybridized carbons (Fsp3) is 0.400. The molecule has 120 valence electrons. The second-order valence-corrected chi connectivity index (χ2v) is 6.62. The van der Waals surface area contributed by atoms with E-state index in [0.29, 0.717) is 0 Å². The Kier molecular flexibility index (Phi) is 3.96. The van der Waals surface area contributed by atoms with Gasteiger partial charge in [-0.1, -0.05) is 30.3 Å². The Balaban J connectivity index is 1.42. The Morgan fingerprint density at radius 3 is 2.96 bits per heavy atom. The van der Waals surface area contributed by atoms with Gasteiger partial charge in [0, 0.05) is 31.0 Å². The molecule has 0 saturated heterocycles. The fourth-order valence-electron chi connectivity index (χ4n) is 3.79. The molecule has 0 bridgehead atoms. The molecule has 3 heteroatoms. The van der Waals surface area contributed by atoms with E-state index in [9.17, 15) is 5.11 Å². The van der Waals surface area contributed by atoms with Gasteiger partial charge in [-0.15, -0.1) is 0 Å². The van der Waals surface area contributed by atoms with Crippen LogP contribution in [0.2, 0.25) is 0 Å². The molecule has 4 rings (SSSR count). The van der Waals surface area contributed by atoms with Gasteiger partial charge in [0.25, 0.3) is 0 Å². The van der Waals surface area contributed by atoms with Crippen LogP contribution in [0, 0.1) is 0 Å². The van der Waals surface area contributed by atoms with E-state index in [4.69, 9.17) is 0 Å². The Hall–Kier alpha value is -2.00. The summed E-state index contributed by atoms with van der Waals surface area (Å²) < 4.78 is 0. The summed E-state index contributed by atoms with van der Waals surface area (Å²) in [5, 5.41) is 14.0. The van der Waals surface area contributed by atoms with E-state index in [1.54, 1.807) is 0 Å². The van der Waals surface area contributed by atoms with Crippen LogP contribution in [0.4, 0.5) is 11.4 Å². The summed E-state index contributed by atoms with van der Waals surface area (Å²) >= 11 is 0. The van der Waals surface area contributed by atoms with E-state index in [1.807, 2.05) is 0 Å². The molecule has 0 amide bonds. The minimum absolute atomic E-state index is 0.380. The van der Waals surface area contributed by atoms with Crippen molar-refractivity contribution in [1.82, 2.24) is 0 Å². The third-order valence-electron chi connectivity index (χ3n) is 5.11. The van der Waals surface area contributed by atoms with Crippen molar-refractivity contribution in [3.63, 3.8) is 0 Å². The van der Waals surface area contributed by atoms with Gasteiger partial charge in [-0.2, -0.15) is 0 Å². The van der Waals surface area contributed by atoms with E-state index in [2.05, 4.69) is 52.7 Å². The zero-order chi connectivity index (χ0) is 15.6. The Morgan fingerprint density at radius 1 is 1.09 bits per heavy atom. The highest BCUT2D eigenvalue weighted by Crippen LogP contribution is 2.30. The van der Waals surface area contributed by atoms with Crippen LogP contribution in [-0.2, 0) is 12.8 Å². The first-order valence-corrected chi connectivity index (χ1v) is 8.69. The monoisotopic (exact) mass is 308 g/mol. The normalized spacial score (nSPS) is 17.3. The maximum absolute atomic E-state index is 10.6. The minimum Gasteiger partial charge on any atom is -0.388 e. The first-order valence-electron chi connectivity index (χ1n) is 8.69. The lowest BCUT2D eigenvalue weighted by molar-refractivity contribution is 0.169. The molecular weight excluding hydrogens is 284 g/mol. The smallest absolute Gasteiger partial charge is 0.0807 e. The molecule has 0 aromatic heterocycles. The average molecular weight is 308 g/mol. The third-order valence-corrected chi connectivity index (χ3v) is 5.11. The van der Waals surface area contributed by atoms with Gasteiger partial charge >= 0.3 is 0 Å². The van der Waals surface area contributed by atoms with Gasteiger partial charge in [0.1, 0.15) is 0 Å². The Morgan fingerprint density at radius 2 is 2.00 bits per heavy atom. The maximum atomic E-state index is 10.6. The summed E-state index contributed by atoms with van der Waals surface area (Å²) in [4.78, 5) is 2.40. The molecule has 2 aliphatic rings. The van der Waals surface area contributed by atoms with Crippen LogP contribution >= 0.6 is 0 Å². The van der Waals surface area contributed by atoms with Crippen molar-refractivity contribution in [3.8, 4) is 0 Å². The first-order chi connectivity index (χ1) is 11.3. The summed E-state index contributed by atoms with van der Waals surface area (Å²) in [6.07, 6.45) is 3.81. The van der Waals surface area contributed by atoms with Crippen molar-refractivity contribution in [1.29, 1.82) is 0 Å². The lowest BCUT2D eigenvalue weighted by Gasteiger charge is -2.23. The van der Waals surface area contributed by atoms with E-state index >= 15 is 0 Å². The highest BCUT2D eigenvalue weighted by molar-refractivity contribution is 5.58. The summed E-state index contributed by atoms with van der Waals surface area (Å²) in [6, 6.07) is 15.0. The molecule has 0 aliphatic carbocycles. The molecular formula is C20H24N2O. The number of aliphatic hydroxyl groups is 1.